The third-order valence-electron chi connectivity index (χ3n) is 7.24. The van der Waals surface area contributed by atoms with Crippen molar-refractivity contribution in [3.8, 4) is 11.4 Å². The molecule has 1 aliphatic carbocycles. The van der Waals surface area contributed by atoms with Gasteiger partial charge < -0.3 is 4.90 Å². The first-order valence-electron chi connectivity index (χ1n) is 11.8. The number of hydrogen-bond donors (Lipinski definition) is 0. The standard InChI is InChI=1S/C29H22IN3O/c30-25-19-12-4-5-13-20(19)29-32(26(25)18-10-2-1-3-11-18)23-16-8-6-14-21(23)27-31-28(34)22-15-7-9-17-24(22)33(27)29/h4-10,12-17,29H,1-3,11H2. The Labute approximate surface area is 211 Å². The first kappa shape index (κ1) is 20.2. The number of allylic oxidation sites excluding steroid dienone is 2. The Kier molecular flexibility index (Phi) is 4.56. The van der Waals surface area contributed by atoms with Gasteiger partial charge in [-0.2, -0.15) is 4.98 Å². The monoisotopic (exact) mass is 555 g/mol. The number of rotatable bonds is 1. The third-order valence-corrected chi connectivity index (χ3v) is 8.33. The van der Waals surface area contributed by atoms with Crippen LogP contribution in [0.25, 0.3) is 25.9 Å². The molecule has 4 nitrogen and oxygen atoms in total. The van der Waals surface area contributed by atoms with Crippen molar-refractivity contribution in [2.24, 2.45) is 0 Å². The van der Waals surface area contributed by atoms with E-state index in [4.69, 9.17) is 0 Å². The van der Waals surface area contributed by atoms with Gasteiger partial charge in [-0.15, -0.1) is 0 Å². The summed E-state index contributed by atoms with van der Waals surface area (Å²) in [4.78, 5) is 20.2. The largest absolute Gasteiger partial charge is 0.314 e. The molecule has 3 heterocycles. The summed E-state index contributed by atoms with van der Waals surface area (Å²) in [5, 5.41) is 0.658. The number of benzene rings is 3. The van der Waals surface area contributed by atoms with Gasteiger partial charge in [-0.05, 0) is 83.7 Å². The molecule has 0 bridgehead atoms. The molecule has 166 valence electrons. The predicted octanol–water partition coefficient (Wildman–Crippen LogP) is 7.05. The Hall–Kier alpha value is -3.19. The Morgan fingerprint density at radius 2 is 1.65 bits per heavy atom. The molecule has 2 aliphatic heterocycles. The molecule has 5 heteroatoms. The van der Waals surface area contributed by atoms with Crippen molar-refractivity contribution in [2.45, 2.75) is 31.8 Å². The predicted molar refractivity (Wildman–Crippen MR) is 146 cm³/mol. The van der Waals surface area contributed by atoms with E-state index in [0.29, 0.717) is 5.39 Å². The van der Waals surface area contributed by atoms with Gasteiger partial charge >= 0.3 is 0 Å². The molecule has 0 N–H and O–H groups in total. The normalized spacial score (nSPS) is 18.7. The molecule has 0 amide bonds. The Morgan fingerprint density at radius 3 is 2.50 bits per heavy atom. The Bertz CT molecular complexity index is 1610. The quantitative estimate of drug-likeness (QED) is 0.237. The van der Waals surface area contributed by atoms with E-state index in [9.17, 15) is 4.79 Å². The SMILES string of the molecule is O=c1nc2n(c3ccccc13)C1c3ccccc3C(I)=C(C3=CCCCC3)N1c1ccccc1-2. The second-order valence-electron chi connectivity index (χ2n) is 9.11. The summed E-state index contributed by atoms with van der Waals surface area (Å²) in [5.74, 6) is 0.740. The molecule has 0 saturated heterocycles. The van der Waals surface area contributed by atoms with E-state index >= 15 is 0 Å². The number of fused-ring (bicyclic) bond motifs is 10. The van der Waals surface area contributed by atoms with E-state index in [1.807, 2.05) is 24.3 Å². The number of para-hydroxylation sites is 2. The molecule has 1 atom stereocenters. The van der Waals surface area contributed by atoms with E-state index in [2.05, 4.69) is 91.6 Å². The molecule has 0 radical (unpaired) electrons. The van der Waals surface area contributed by atoms with Gasteiger partial charge in [0, 0.05) is 14.7 Å². The summed E-state index contributed by atoms with van der Waals surface area (Å²) < 4.78 is 3.57. The molecule has 7 rings (SSSR count). The van der Waals surface area contributed by atoms with Gasteiger partial charge in [-0.1, -0.05) is 54.6 Å². The molecule has 3 aromatic carbocycles. The second-order valence-corrected chi connectivity index (χ2v) is 10.2. The molecule has 0 saturated carbocycles. The zero-order chi connectivity index (χ0) is 22.8. The minimum Gasteiger partial charge on any atom is -0.314 e. The molecule has 4 aromatic rings. The van der Waals surface area contributed by atoms with Crippen LogP contribution in [0.5, 0.6) is 0 Å². The molecule has 1 unspecified atom stereocenters. The summed E-state index contributed by atoms with van der Waals surface area (Å²) in [6.07, 6.45) is 7.00. The zero-order valence-electron chi connectivity index (χ0n) is 18.5. The Morgan fingerprint density at radius 1 is 0.882 bits per heavy atom. The van der Waals surface area contributed by atoms with E-state index in [1.165, 1.54) is 38.8 Å². The van der Waals surface area contributed by atoms with E-state index in [-0.39, 0.29) is 11.7 Å². The van der Waals surface area contributed by atoms with Crippen LogP contribution in [0.15, 0.2) is 94.9 Å². The van der Waals surface area contributed by atoms with Gasteiger partial charge in [0.25, 0.3) is 5.56 Å². The van der Waals surface area contributed by atoms with E-state index in [1.54, 1.807) is 0 Å². The lowest BCUT2D eigenvalue weighted by atomic mass is 9.88. The summed E-state index contributed by atoms with van der Waals surface area (Å²) in [5.41, 5.74) is 8.08. The van der Waals surface area contributed by atoms with Crippen LogP contribution in [0.4, 0.5) is 5.69 Å². The first-order chi connectivity index (χ1) is 16.7. The van der Waals surface area contributed by atoms with Crippen LogP contribution >= 0.6 is 22.6 Å². The van der Waals surface area contributed by atoms with Crippen molar-refractivity contribution in [1.82, 2.24) is 9.55 Å². The fourth-order valence-corrected chi connectivity index (χ4v) is 6.87. The van der Waals surface area contributed by atoms with Crippen molar-refractivity contribution in [1.29, 1.82) is 0 Å². The topological polar surface area (TPSA) is 38.1 Å². The van der Waals surface area contributed by atoms with Crippen LogP contribution in [0.1, 0.15) is 43.0 Å². The second kappa shape index (κ2) is 7.67. The number of hydrogen-bond acceptors (Lipinski definition) is 3. The Balaban J connectivity index is 1.65. The lowest BCUT2D eigenvalue weighted by Crippen LogP contribution is -2.42. The first-order valence-corrected chi connectivity index (χ1v) is 12.9. The van der Waals surface area contributed by atoms with Gasteiger partial charge in [-0.25, -0.2) is 0 Å². The van der Waals surface area contributed by atoms with Crippen LogP contribution < -0.4 is 10.5 Å². The lowest BCUT2D eigenvalue weighted by Gasteiger charge is -2.47. The molecule has 34 heavy (non-hydrogen) atoms. The van der Waals surface area contributed by atoms with Gasteiger partial charge in [-0.3, -0.25) is 9.36 Å². The van der Waals surface area contributed by atoms with E-state index < -0.39 is 0 Å². The average molecular weight is 555 g/mol. The third kappa shape index (κ3) is 2.76. The summed E-state index contributed by atoms with van der Waals surface area (Å²) in [7, 11) is 0. The summed E-state index contributed by atoms with van der Waals surface area (Å²) in [6.45, 7) is 0. The molecular weight excluding hydrogens is 533 g/mol. The number of nitrogens with zero attached hydrogens (tertiary/aromatic N) is 3. The van der Waals surface area contributed by atoms with Crippen LogP contribution in [0.2, 0.25) is 0 Å². The molecule has 1 aromatic heterocycles. The maximum Gasteiger partial charge on any atom is 0.281 e. The fraction of sp³-hybridized carbons (Fsp3) is 0.172. The average Bonchev–Trinajstić information content (AvgIpc) is 2.90. The van der Waals surface area contributed by atoms with Crippen molar-refractivity contribution in [2.75, 3.05) is 4.90 Å². The maximum atomic E-state index is 13.1. The van der Waals surface area contributed by atoms with Crippen molar-refractivity contribution >= 4 is 42.8 Å². The molecule has 0 fully saturated rings. The summed E-state index contributed by atoms with van der Waals surface area (Å²) >= 11 is 2.55. The fourth-order valence-electron chi connectivity index (χ4n) is 5.77. The zero-order valence-corrected chi connectivity index (χ0v) is 20.7. The highest BCUT2D eigenvalue weighted by Gasteiger charge is 2.41. The van der Waals surface area contributed by atoms with Crippen LogP contribution in [-0.4, -0.2) is 9.55 Å². The molecule has 0 spiro atoms. The van der Waals surface area contributed by atoms with Crippen molar-refractivity contribution in [3.63, 3.8) is 0 Å². The van der Waals surface area contributed by atoms with Gasteiger partial charge in [0.05, 0.1) is 22.3 Å². The lowest BCUT2D eigenvalue weighted by molar-refractivity contribution is 0.566. The maximum absolute atomic E-state index is 13.1. The van der Waals surface area contributed by atoms with Crippen LogP contribution in [0, 0.1) is 0 Å². The number of aromatic nitrogens is 2. The highest BCUT2D eigenvalue weighted by Crippen LogP contribution is 2.53. The number of anilines is 1. The van der Waals surface area contributed by atoms with Crippen LogP contribution in [0.3, 0.4) is 0 Å². The highest BCUT2D eigenvalue weighted by atomic mass is 127. The van der Waals surface area contributed by atoms with Gasteiger partial charge in [0.2, 0.25) is 0 Å². The molecular formula is C29H22IN3O. The summed E-state index contributed by atoms with van der Waals surface area (Å²) in [6, 6.07) is 25.0. The smallest absolute Gasteiger partial charge is 0.281 e. The van der Waals surface area contributed by atoms with Crippen molar-refractivity contribution in [3.05, 3.63) is 112 Å². The van der Waals surface area contributed by atoms with Crippen molar-refractivity contribution < 1.29 is 0 Å². The van der Waals surface area contributed by atoms with Gasteiger partial charge in [0.15, 0.2) is 0 Å². The van der Waals surface area contributed by atoms with Gasteiger partial charge in [0.1, 0.15) is 12.0 Å². The van der Waals surface area contributed by atoms with E-state index in [0.717, 1.165) is 35.4 Å². The molecule has 3 aliphatic rings. The van der Waals surface area contributed by atoms with Crippen LogP contribution in [-0.2, 0) is 0 Å². The minimum atomic E-state index is -0.172. The minimum absolute atomic E-state index is 0.115. The highest BCUT2D eigenvalue weighted by molar-refractivity contribution is 14.1. The number of halogens is 1.